The molecule has 1 unspecified atom stereocenters. The first kappa shape index (κ1) is 12.3. The third kappa shape index (κ3) is 3.64. The van der Waals surface area contributed by atoms with Gasteiger partial charge in [-0.1, -0.05) is 6.92 Å². The molecule has 94 valence electrons. The zero-order chi connectivity index (χ0) is 12.1. The second-order valence-corrected chi connectivity index (χ2v) is 4.24. The van der Waals surface area contributed by atoms with E-state index >= 15 is 0 Å². The Hall–Kier alpha value is -1.20. The van der Waals surface area contributed by atoms with Crippen LogP contribution in [0.4, 0.5) is 5.82 Å². The number of nitrogens with one attached hydrogen (secondary N) is 2. The molecule has 0 amide bonds. The van der Waals surface area contributed by atoms with Gasteiger partial charge in [0.1, 0.15) is 11.6 Å². The molecule has 1 aromatic rings. The van der Waals surface area contributed by atoms with Crippen LogP contribution in [-0.4, -0.2) is 42.3 Å². The highest BCUT2D eigenvalue weighted by molar-refractivity contribution is 5.35. The molecule has 5 nitrogen and oxygen atoms in total. The van der Waals surface area contributed by atoms with E-state index < -0.39 is 0 Å². The molecule has 0 aromatic carbocycles. The van der Waals surface area contributed by atoms with Gasteiger partial charge in [0.2, 0.25) is 0 Å². The van der Waals surface area contributed by atoms with E-state index in [9.17, 15) is 0 Å². The fourth-order valence-corrected chi connectivity index (χ4v) is 1.85. The summed E-state index contributed by atoms with van der Waals surface area (Å²) in [4.78, 5) is 8.79. The van der Waals surface area contributed by atoms with Crippen LogP contribution in [0.5, 0.6) is 0 Å². The van der Waals surface area contributed by atoms with Crippen LogP contribution >= 0.6 is 0 Å². The van der Waals surface area contributed by atoms with Gasteiger partial charge in [-0.2, -0.15) is 0 Å². The Kier molecular flexibility index (Phi) is 4.28. The van der Waals surface area contributed by atoms with Crippen molar-refractivity contribution in [3.63, 3.8) is 0 Å². The number of aryl methyl sites for hydroxylation is 2. The third-order valence-electron chi connectivity index (χ3n) is 2.73. The van der Waals surface area contributed by atoms with Gasteiger partial charge in [-0.05, 0) is 6.92 Å². The minimum atomic E-state index is 0.226. The monoisotopic (exact) mass is 236 g/mol. The molecule has 0 saturated carbocycles. The normalized spacial score (nSPS) is 20.2. The van der Waals surface area contributed by atoms with E-state index in [-0.39, 0.29) is 6.10 Å². The lowest BCUT2D eigenvalue weighted by molar-refractivity contribution is 0.0372. The highest BCUT2D eigenvalue weighted by atomic mass is 16.5. The van der Waals surface area contributed by atoms with Gasteiger partial charge in [-0.15, -0.1) is 0 Å². The zero-order valence-corrected chi connectivity index (χ0v) is 10.5. The third-order valence-corrected chi connectivity index (χ3v) is 2.73. The summed E-state index contributed by atoms with van der Waals surface area (Å²) in [5.41, 5.74) is 1.00. The zero-order valence-electron chi connectivity index (χ0n) is 10.5. The molecule has 17 heavy (non-hydrogen) atoms. The van der Waals surface area contributed by atoms with E-state index in [2.05, 4.69) is 27.5 Å². The Labute approximate surface area is 102 Å². The molecule has 5 heteroatoms. The van der Waals surface area contributed by atoms with Gasteiger partial charge in [0.25, 0.3) is 0 Å². The maximum Gasteiger partial charge on any atom is 0.130 e. The van der Waals surface area contributed by atoms with Crippen LogP contribution < -0.4 is 10.6 Å². The molecule has 0 aliphatic carbocycles. The van der Waals surface area contributed by atoms with E-state index in [0.717, 1.165) is 50.0 Å². The van der Waals surface area contributed by atoms with Crippen LogP contribution in [0.1, 0.15) is 18.4 Å². The van der Waals surface area contributed by atoms with Crippen molar-refractivity contribution < 1.29 is 4.74 Å². The number of rotatable bonds is 4. The molecular weight excluding hydrogens is 216 g/mol. The highest BCUT2D eigenvalue weighted by Crippen LogP contribution is 2.07. The average Bonchev–Trinajstić information content (AvgIpc) is 2.37. The Morgan fingerprint density at radius 2 is 2.41 bits per heavy atom. The lowest BCUT2D eigenvalue weighted by Gasteiger charge is -2.24. The van der Waals surface area contributed by atoms with Gasteiger partial charge in [0, 0.05) is 37.8 Å². The molecule has 0 spiro atoms. The Morgan fingerprint density at radius 3 is 3.12 bits per heavy atom. The Bertz CT molecular complexity index is 364. The SMILES string of the molecule is CCc1nc(C)cc(NCC2CNCCO2)n1. The standard InChI is InChI=1S/C12H20N4O/c1-3-11-15-9(2)6-12(16-11)14-8-10-7-13-4-5-17-10/h6,10,13H,3-5,7-8H2,1-2H3,(H,14,15,16). The summed E-state index contributed by atoms with van der Waals surface area (Å²) in [6.07, 6.45) is 1.08. The van der Waals surface area contributed by atoms with E-state index in [1.807, 2.05) is 13.0 Å². The number of aromatic nitrogens is 2. The fourth-order valence-electron chi connectivity index (χ4n) is 1.85. The van der Waals surface area contributed by atoms with Crippen molar-refractivity contribution in [2.45, 2.75) is 26.4 Å². The molecule has 1 aliphatic rings. The highest BCUT2D eigenvalue weighted by Gasteiger charge is 2.13. The minimum absolute atomic E-state index is 0.226. The fraction of sp³-hybridized carbons (Fsp3) is 0.667. The van der Waals surface area contributed by atoms with Crippen LogP contribution in [0.15, 0.2) is 6.07 Å². The number of nitrogens with zero attached hydrogens (tertiary/aromatic N) is 2. The van der Waals surface area contributed by atoms with E-state index in [1.165, 1.54) is 0 Å². The minimum Gasteiger partial charge on any atom is -0.374 e. The summed E-state index contributed by atoms with van der Waals surface area (Å²) in [5.74, 6) is 1.78. The number of hydrogen-bond donors (Lipinski definition) is 2. The van der Waals surface area contributed by atoms with E-state index in [0.29, 0.717) is 0 Å². The smallest absolute Gasteiger partial charge is 0.130 e. The van der Waals surface area contributed by atoms with Gasteiger partial charge in [0.15, 0.2) is 0 Å². The molecule has 0 bridgehead atoms. The molecule has 1 aliphatic heterocycles. The average molecular weight is 236 g/mol. The molecule has 0 radical (unpaired) electrons. The number of morpholine rings is 1. The van der Waals surface area contributed by atoms with Gasteiger partial charge in [-0.3, -0.25) is 0 Å². The molecule has 2 N–H and O–H groups in total. The van der Waals surface area contributed by atoms with Crippen LogP contribution in [0.2, 0.25) is 0 Å². The van der Waals surface area contributed by atoms with Crippen molar-refractivity contribution in [1.82, 2.24) is 15.3 Å². The van der Waals surface area contributed by atoms with Gasteiger partial charge < -0.3 is 15.4 Å². The summed E-state index contributed by atoms with van der Waals surface area (Å²) < 4.78 is 5.62. The molecular formula is C12H20N4O. The van der Waals surface area contributed by atoms with E-state index in [1.54, 1.807) is 0 Å². The number of anilines is 1. The van der Waals surface area contributed by atoms with Crippen LogP contribution in [-0.2, 0) is 11.2 Å². The van der Waals surface area contributed by atoms with Crippen molar-refractivity contribution in [2.75, 3.05) is 31.6 Å². The Morgan fingerprint density at radius 1 is 1.53 bits per heavy atom. The molecule has 1 atom stereocenters. The summed E-state index contributed by atoms with van der Waals surface area (Å²) >= 11 is 0. The maximum atomic E-state index is 5.62. The molecule has 1 aromatic heterocycles. The first-order valence-electron chi connectivity index (χ1n) is 6.18. The molecule has 1 fully saturated rings. The molecule has 2 rings (SSSR count). The van der Waals surface area contributed by atoms with Crippen molar-refractivity contribution >= 4 is 5.82 Å². The largest absolute Gasteiger partial charge is 0.374 e. The second kappa shape index (κ2) is 5.93. The lowest BCUT2D eigenvalue weighted by atomic mass is 10.3. The van der Waals surface area contributed by atoms with Crippen LogP contribution in [0.3, 0.4) is 0 Å². The molecule has 2 heterocycles. The number of hydrogen-bond acceptors (Lipinski definition) is 5. The summed E-state index contributed by atoms with van der Waals surface area (Å²) in [6.45, 7) is 7.47. The first-order chi connectivity index (χ1) is 8.28. The van der Waals surface area contributed by atoms with Gasteiger partial charge >= 0.3 is 0 Å². The molecule has 1 saturated heterocycles. The van der Waals surface area contributed by atoms with Crippen molar-refractivity contribution in [2.24, 2.45) is 0 Å². The van der Waals surface area contributed by atoms with Gasteiger partial charge in [0.05, 0.1) is 12.7 Å². The lowest BCUT2D eigenvalue weighted by Crippen LogP contribution is -2.42. The predicted molar refractivity (Wildman–Crippen MR) is 67.2 cm³/mol. The topological polar surface area (TPSA) is 59.1 Å². The predicted octanol–water partition coefficient (Wildman–Crippen LogP) is 0.748. The van der Waals surface area contributed by atoms with E-state index in [4.69, 9.17) is 4.74 Å². The first-order valence-corrected chi connectivity index (χ1v) is 6.18. The Balaban J connectivity index is 1.91. The van der Waals surface area contributed by atoms with Crippen molar-refractivity contribution in [3.05, 3.63) is 17.6 Å². The number of ether oxygens (including phenoxy) is 1. The van der Waals surface area contributed by atoms with Crippen molar-refractivity contribution in [1.29, 1.82) is 0 Å². The van der Waals surface area contributed by atoms with Crippen LogP contribution in [0, 0.1) is 6.92 Å². The summed E-state index contributed by atoms with van der Waals surface area (Å²) in [6, 6.07) is 1.97. The summed E-state index contributed by atoms with van der Waals surface area (Å²) in [7, 11) is 0. The van der Waals surface area contributed by atoms with Crippen LogP contribution in [0.25, 0.3) is 0 Å². The van der Waals surface area contributed by atoms with Gasteiger partial charge in [-0.25, -0.2) is 9.97 Å². The van der Waals surface area contributed by atoms with Crippen molar-refractivity contribution in [3.8, 4) is 0 Å². The quantitative estimate of drug-likeness (QED) is 0.808. The summed E-state index contributed by atoms with van der Waals surface area (Å²) in [5, 5.41) is 6.62. The maximum absolute atomic E-state index is 5.62. The second-order valence-electron chi connectivity index (χ2n) is 4.24.